The molecular formula is C14H28O3. The molecule has 6 atom stereocenters. The Kier molecular flexibility index (Phi) is 5.42. The van der Waals surface area contributed by atoms with E-state index in [1.807, 2.05) is 13.8 Å². The highest BCUT2D eigenvalue weighted by Crippen LogP contribution is 2.41. The molecule has 0 aliphatic heterocycles. The van der Waals surface area contributed by atoms with Gasteiger partial charge >= 0.3 is 0 Å². The summed E-state index contributed by atoms with van der Waals surface area (Å²) >= 11 is 0. The zero-order chi connectivity index (χ0) is 13.2. The zero-order valence-corrected chi connectivity index (χ0v) is 11.5. The van der Waals surface area contributed by atoms with Crippen molar-refractivity contribution in [1.29, 1.82) is 0 Å². The summed E-state index contributed by atoms with van der Waals surface area (Å²) in [5, 5.41) is 29.8. The highest BCUT2D eigenvalue weighted by molar-refractivity contribution is 4.92. The van der Waals surface area contributed by atoms with E-state index >= 15 is 0 Å². The van der Waals surface area contributed by atoms with Crippen molar-refractivity contribution in [3.05, 3.63) is 0 Å². The molecule has 1 saturated carbocycles. The fourth-order valence-electron chi connectivity index (χ4n) is 3.17. The first-order valence-corrected chi connectivity index (χ1v) is 6.87. The van der Waals surface area contributed by atoms with E-state index in [0.29, 0.717) is 11.8 Å². The van der Waals surface area contributed by atoms with E-state index in [2.05, 4.69) is 13.8 Å². The van der Waals surface area contributed by atoms with Crippen LogP contribution in [0.1, 0.15) is 40.5 Å². The fourth-order valence-corrected chi connectivity index (χ4v) is 3.17. The molecule has 0 spiro atoms. The van der Waals surface area contributed by atoms with Crippen LogP contribution in [-0.2, 0) is 0 Å². The molecule has 0 bridgehead atoms. The minimum atomic E-state index is -0.606. The Hall–Kier alpha value is -0.120. The van der Waals surface area contributed by atoms with E-state index in [9.17, 15) is 15.3 Å². The van der Waals surface area contributed by atoms with Gasteiger partial charge in [0.25, 0.3) is 0 Å². The van der Waals surface area contributed by atoms with Gasteiger partial charge in [0, 0.05) is 18.4 Å². The lowest BCUT2D eigenvalue weighted by Crippen LogP contribution is -2.48. The molecule has 0 radical (unpaired) electrons. The van der Waals surface area contributed by atoms with Crippen molar-refractivity contribution in [3.8, 4) is 0 Å². The third-order valence-electron chi connectivity index (χ3n) is 4.55. The van der Waals surface area contributed by atoms with Gasteiger partial charge in [0.15, 0.2) is 0 Å². The Labute approximate surface area is 105 Å². The van der Waals surface area contributed by atoms with Gasteiger partial charge in [-0.1, -0.05) is 27.7 Å². The summed E-state index contributed by atoms with van der Waals surface area (Å²) in [4.78, 5) is 0. The van der Waals surface area contributed by atoms with Crippen LogP contribution < -0.4 is 0 Å². The maximum Gasteiger partial charge on any atom is 0.0643 e. The molecule has 0 amide bonds. The van der Waals surface area contributed by atoms with Crippen molar-refractivity contribution in [2.75, 3.05) is 6.61 Å². The Morgan fingerprint density at radius 2 is 1.76 bits per heavy atom. The second-order valence-electron chi connectivity index (χ2n) is 6.18. The largest absolute Gasteiger partial charge is 0.396 e. The van der Waals surface area contributed by atoms with Crippen molar-refractivity contribution < 1.29 is 15.3 Å². The van der Waals surface area contributed by atoms with Gasteiger partial charge in [-0.05, 0) is 30.6 Å². The monoisotopic (exact) mass is 244 g/mol. The molecule has 1 aliphatic rings. The maximum atomic E-state index is 10.3. The van der Waals surface area contributed by atoms with E-state index in [4.69, 9.17) is 0 Å². The first-order chi connectivity index (χ1) is 7.90. The average Bonchev–Trinajstić information content (AvgIpc) is 2.30. The maximum absolute atomic E-state index is 10.3. The minimum Gasteiger partial charge on any atom is -0.396 e. The van der Waals surface area contributed by atoms with Crippen LogP contribution in [0, 0.1) is 29.6 Å². The van der Waals surface area contributed by atoms with E-state index in [-0.39, 0.29) is 24.4 Å². The van der Waals surface area contributed by atoms with Gasteiger partial charge in [-0.15, -0.1) is 0 Å². The SMILES string of the molecule is CC(C)C1CCC(C)C(O)C1C(O)C(C)CO. The summed E-state index contributed by atoms with van der Waals surface area (Å²) in [5.41, 5.74) is 0. The van der Waals surface area contributed by atoms with Gasteiger partial charge < -0.3 is 15.3 Å². The smallest absolute Gasteiger partial charge is 0.0643 e. The van der Waals surface area contributed by atoms with Crippen LogP contribution in [-0.4, -0.2) is 34.1 Å². The van der Waals surface area contributed by atoms with Crippen LogP contribution >= 0.6 is 0 Å². The first kappa shape index (κ1) is 14.9. The third-order valence-corrected chi connectivity index (χ3v) is 4.55. The summed E-state index contributed by atoms with van der Waals surface area (Å²) in [7, 11) is 0. The molecule has 0 aromatic carbocycles. The van der Waals surface area contributed by atoms with Crippen LogP contribution in [0.2, 0.25) is 0 Å². The van der Waals surface area contributed by atoms with Gasteiger partial charge in [0.1, 0.15) is 0 Å². The highest BCUT2D eigenvalue weighted by atomic mass is 16.3. The average molecular weight is 244 g/mol. The first-order valence-electron chi connectivity index (χ1n) is 6.87. The number of aliphatic hydroxyl groups is 3. The van der Waals surface area contributed by atoms with Crippen molar-refractivity contribution in [2.45, 2.75) is 52.7 Å². The molecule has 102 valence electrons. The van der Waals surface area contributed by atoms with Crippen molar-refractivity contribution in [1.82, 2.24) is 0 Å². The highest BCUT2D eigenvalue weighted by Gasteiger charge is 2.42. The summed E-state index contributed by atoms with van der Waals surface area (Å²) in [6.07, 6.45) is 1.04. The van der Waals surface area contributed by atoms with Crippen LogP contribution in [0.15, 0.2) is 0 Å². The van der Waals surface area contributed by atoms with E-state index in [1.54, 1.807) is 0 Å². The van der Waals surface area contributed by atoms with E-state index in [0.717, 1.165) is 12.8 Å². The van der Waals surface area contributed by atoms with Gasteiger partial charge in [0.05, 0.1) is 12.2 Å². The molecular weight excluding hydrogens is 216 g/mol. The third kappa shape index (κ3) is 3.21. The van der Waals surface area contributed by atoms with Crippen molar-refractivity contribution in [3.63, 3.8) is 0 Å². The van der Waals surface area contributed by atoms with E-state index in [1.165, 1.54) is 0 Å². The lowest BCUT2D eigenvalue weighted by atomic mass is 9.65. The molecule has 0 aromatic heterocycles. The van der Waals surface area contributed by atoms with E-state index < -0.39 is 12.2 Å². The summed E-state index contributed by atoms with van der Waals surface area (Å²) in [6, 6.07) is 0. The van der Waals surface area contributed by atoms with Crippen LogP contribution in [0.3, 0.4) is 0 Å². The molecule has 17 heavy (non-hydrogen) atoms. The molecule has 1 aliphatic carbocycles. The standard InChI is InChI=1S/C14H28O3/c1-8(2)11-6-5-9(3)13(16)12(11)14(17)10(4)7-15/h8-17H,5-7H2,1-4H3. The van der Waals surface area contributed by atoms with Crippen LogP contribution in [0.5, 0.6) is 0 Å². The normalized spacial score (nSPS) is 38.1. The minimum absolute atomic E-state index is 0.0242. The Morgan fingerprint density at radius 3 is 2.24 bits per heavy atom. The Balaban J connectivity index is 2.86. The number of hydrogen-bond acceptors (Lipinski definition) is 3. The molecule has 0 aromatic rings. The summed E-state index contributed by atoms with van der Waals surface area (Å²) in [6.45, 7) is 8.16. The van der Waals surface area contributed by atoms with Crippen molar-refractivity contribution in [2.24, 2.45) is 29.6 Å². The zero-order valence-electron chi connectivity index (χ0n) is 11.5. The Morgan fingerprint density at radius 1 is 1.18 bits per heavy atom. The molecule has 3 nitrogen and oxygen atoms in total. The quantitative estimate of drug-likeness (QED) is 0.705. The van der Waals surface area contributed by atoms with Gasteiger partial charge in [-0.3, -0.25) is 0 Å². The number of hydrogen-bond donors (Lipinski definition) is 3. The second-order valence-corrected chi connectivity index (χ2v) is 6.18. The van der Waals surface area contributed by atoms with Crippen LogP contribution in [0.25, 0.3) is 0 Å². The van der Waals surface area contributed by atoms with Gasteiger partial charge in [-0.2, -0.15) is 0 Å². The summed E-state index contributed by atoms with van der Waals surface area (Å²) < 4.78 is 0. The lowest BCUT2D eigenvalue weighted by Gasteiger charge is -2.44. The topological polar surface area (TPSA) is 60.7 Å². The molecule has 3 N–H and O–H groups in total. The second kappa shape index (κ2) is 6.17. The number of rotatable bonds is 4. The molecule has 3 heteroatoms. The molecule has 1 fully saturated rings. The number of aliphatic hydroxyl groups excluding tert-OH is 3. The Bertz CT molecular complexity index is 230. The molecule has 6 unspecified atom stereocenters. The fraction of sp³-hybridized carbons (Fsp3) is 1.00. The molecule has 1 rings (SSSR count). The van der Waals surface area contributed by atoms with Crippen molar-refractivity contribution >= 4 is 0 Å². The molecule has 0 heterocycles. The van der Waals surface area contributed by atoms with Gasteiger partial charge in [-0.25, -0.2) is 0 Å². The predicted octanol–water partition coefficient (Wildman–Crippen LogP) is 1.65. The summed E-state index contributed by atoms with van der Waals surface area (Å²) in [5.74, 6) is 0.797. The lowest BCUT2D eigenvalue weighted by molar-refractivity contribution is -0.102. The van der Waals surface area contributed by atoms with Gasteiger partial charge in [0.2, 0.25) is 0 Å². The molecule has 0 saturated heterocycles. The van der Waals surface area contributed by atoms with Crippen LogP contribution in [0.4, 0.5) is 0 Å². The predicted molar refractivity (Wildman–Crippen MR) is 68.5 cm³/mol.